The van der Waals surface area contributed by atoms with Crippen LogP contribution in [0.25, 0.3) is 0 Å². The lowest BCUT2D eigenvalue weighted by atomic mass is 9.90. The maximum atomic E-state index is 13.3. The van der Waals surface area contributed by atoms with E-state index in [0.717, 1.165) is 18.4 Å². The number of nitrogens with zero attached hydrogens (tertiary/aromatic N) is 1. The highest BCUT2D eigenvalue weighted by Gasteiger charge is 2.32. The minimum absolute atomic E-state index is 0.0412. The number of halogens is 1. The molecule has 1 fully saturated rings. The molecule has 0 spiro atoms. The van der Waals surface area contributed by atoms with Crippen molar-refractivity contribution in [1.29, 1.82) is 0 Å². The predicted molar refractivity (Wildman–Crippen MR) is 86.6 cm³/mol. The number of hydrogen-bond acceptors (Lipinski definition) is 3. The highest BCUT2D eigenvalue weighted by atomic mass is 32.2. The van der Waals surface area contributed by atoms with Crippen molar-refractivity contribution in [3.05, 3.63) is 35.6 Å². The van der Waals surface area contributed by atoms with Gasteiger partial charge < -0.3 is 5.32 Å². The first-order valence-corrected chi connectivity index (χ1v) is 9.62. The van der Waals surface area contributed by atoms with Gasteiger partial charge in [-0.1, -0.05) is 25.5 Å². The molecule has 0 aromatic heterocycles. The first-order chi connectivity index (χ1) is 10.3. The van der Waals surface area contributed by atoms with E-state index in [0.29, 0.717) is 13.1 Å². The van der Waals surface area contributed by atoms with E-state index in [4.69, 9.17) is 0 Å². The average molecular weight is 328 g/mol. The Balaban J connectivity index is 2.03. The Labute approximate surface area is 132 Å². The minimum Gasteiger partial charge on any atom is -0.307 e. The second kappa shape index (κ2) is 7.06. The van der Waals surface area contributed by atoms with Crippen LogP contribution < -0.4 is 5.32 Å². The zero-order valence-electron chi connectivity index (χ0n) is 13.4. The van der Waals surface area contributed by atoms with Crippen molar-refractivity contribution in [2.24, 2.45) is 5.92 Å². The van der Waals surface area contributed by atoms with Crippen LogP contribution in [0.1, 0.15) is 38.3 Å². The molecule has 0 bridgehead atoms. The standard InChI is InChI=1S/C16H25FN2O2S/c1-4-13-11-19(22(3,20)21)9-8-16(13)18-12(2)14-6-5-7-15(17)10-14/h5-7,10,12-13,16,18H,4,8-9,11H2,1-3H3. The number of rotatable bonds is 5. The van der Waals surface area contributed by atoms with Gasteiger partial charge in [0, 0.05) is 25.2 Å². The van der Waals surface area contributed by atoms with Gasteiger partial charge in [-0.2, -0.15) is 0 Å². The predicted octanol–water partition coefficient (Wildman–Crippen LogP) is 2.54. The van der Waals surface area contributed by atoms with Gasteiger partial charge in [0.25, 0.3) is 0 Å². The number of hydrogen-bond donors (Lipinski definition) is 1. The summed E-state index contributed by atoms with van der Waals surface area (Å²) in [7, 11) is -3.12. The van der Waals surface area contributed by atoms with Crippen molar-refractivity contribution in [2.45, 2.75) is 38.8 Å². The van der Waals surface area contributed by atoms with Crippen molar-refractivity contribution >= 4 is 10.0 Å². The van der Waals surface area contributed by atoms with E-state index in [1.807, 2.05) is 13.0 Å². The molecule has 4 nitrogen and oxygen atoms in total. The van der Waals surface area contributed by atoms with Crippen molar-refractivity contribution < 1.29 is 12.8 Å². The van der Waals surface area contributed by atoms with Crippen molar-refractivity contribution in [1.82, 2.24) is 9.62 Å². The van der Waals surface area contributed by atoms with Gasteiger partial charge in [0.15, 0.2) is 0 Å². The van der Waals surface area contributed by atoms with Crippen LogP contribution in [-0.4, -0.2) is 38.1 Å². The van der Waals surface area contributed by atoms with Crippen LogP contribution in [-0.2, 0) is 10.0 Å². The lowest BCUT2D eigenvalue weighted by molar-refractivity contribution is 0.193. The third-order valence-corrected chi connectivity index (χ3v) is 5.77. The first-order valence-electron chi connectivity index (χ1n) is 7.78. The molecule has 0 amide bonds. The van der Waals surface area contributed by atoms with Crippen molar-refractivity contribution in [3.63, 3.8) is 0 Å². The number of nitrogens with one attached hydrogen (secondary N) is 1. The highest BCUT2D eigenvalue weighted by molar-refractivity contribution is 7.88. The molecule has 0 saturated carbocycles. The highest BCUT2D eigenvalue weighted by Crippen LogP contribution is 2.25. The third kappa shape index (κ3) is 4.27. The molecular formula is C16H25FN2O2S. The second-order valence-electron chi connectivity index (χ2n) is 6.13. The Hall–Kier alpha value is -0.980. The summed E-state index contributed by atoms with van der Waals surface area (Å²) in [6.07, 6.45) is 2.97. The summed E-state index contributed by atoms with van der Waals surface area (Å²) < 4.78 is 38.3. The molecule has 1 aliphatic rings. The fraction of sp³-hybridized carbons (Fsp3) is 0.625. The van der Waals surface area contributed by atoms with Gasteiger partial charge in [-0.15, -0.1) is 0 Å². The summed E-state index contributed by atoms with van der Waals surface area (Å²) in [5.74, 6) is 0.0459. The van der Waals surface area contributed by atoms with Crippen LogP contribution in [0.2, 0.25) is 0 Å². The number of sulfonamides is 1. The van der Waals surface area contributed by atoms with Gasteiger partial charge in [0.05, 0.1) is 6.26 Å². The van der Waals surface area contributed by atoms with Crippen LogP contribution in [0.15, 0.2) is 24.3 Å². The summed E-state index contributed by atoms with van der Waals surface area (Å²) in [5, 5.41) is 3.55. The largest absolute Gasteiger partial charge is 0.307 e. The zero-order valence-corrected chi connectivity index (χ0v) is 14.2. The molecule has 2 rings (SSSR count). The van der Waals surface area contributed by atoms with Crippen molar-refractivity contribution in [3.8, 4) is 0 Å². The molecule has 3 atom stereocenters. The molecule has 124 valence electrons. The topological polar surface area (TPSA) is 49.4 Å². The minimum atomic E-state index is -3.12. The molecule has 1 aliphatic heterocycles. The van der Waals surface area contributed by atoms with E-state index >= 15 is 0 Å². The molecular weight excluding hydrogens is 303 g/mol. The van der Waals surface area contributed by atoms with Crippen LogP contribution in [0.3, 0.4) is 0 Å². The van der Waals surface area contributed by atoms with Gasteiger partial charge in [0.2, 0.25) is 10.0 Å². The van der Waals surface area contributed by atoms with Crippen molar-refractivity contribution in [2.75, 3.05) is 19.3 Å². The Morgan fingerprint density at radius 2 is 2.18 bits per heavy atom. The molecule has 1 saturated heterocycles. The van der Waals surface area contributed by atoms with E-state index < -0.39 is 10.0 Å². The molecule has 1 heterocycles. The molecule has 0 aliphatic carbocycles. The van der Waals surface area contributed by atoms with E-state index in [9.17, 15) is 12.8 Å². The molecule has 0 radical (unpaired) electrons. The normalized spacial score (nSPS) is 25.1. The fourth-order valence-corrected chi connectivity index (χ4v) is 4.03. The lowest BCUT2D eigenvalue weighted by Gasteiger charge is -2.38. The first kappa shape index (κ1) is 17.4. The SMILES string of the molecule is CCC1CN(S(C)(=O)=O)CCC1NC(C)c1cccc(F)c1. The van der Waals surface area contributed by atoms with E-state index in [1.165, 1.54) is 12.3 Å². The monoisotopic (exact) mass is 328 g/mol. The molecule has 6 heteroatoms. The summed E-state index contributed by atoms with van der Waals surface area (Å²) in [4.78, 5) is 0. The summed E-state index contributed by atoms with van der Waals surface area (Å²) in [6.45, 7) is 5.20. The Bertz CT molecular complexity index is 606. The lowest BCUT2D eigenvalue weighted by Crippen LogP contribution is -2.51. The quantitative estimate of drug-likeness (QED) is 0.904. The summed E-state index contributed by atoms with van der Waals surface area (Å²) in [6, 6.07) is 6.90. The Morgan fingerprint density at radius 1 is 1.45 bits per heavy atom. The molecule has 3 unspecified atom stereocenters. The van der Waals surface area contributed by atoms with E-state index in [2.05, 4.69) is 12.2 Å². The number of benzene rings is 1. The van der Waals surface area contributed by atoms with Crippen LogP contribution in [0.5, 0.6) is 0 Å². The van der Waals surface area contributed by atoms with Crippen LogP contribution >= 0.6 is 0 Å². The maximum absolute atomic E-state index is 13.3. The Morgan fingerprint density at radius 3 is 2.77 bits per heavy atom. The fourth-order valence-electron chi connectivity index (χ4n) is 3.13. The molecule has 1 N–H and O–H groups in total. The molecule has 1 aromatic carbocycles. The van der Waals surface area contributed by atoms with Gasteiger partial charge >= 0.3 is 0 Å². The van der Waals surface area contributed by atoms with Gasteiger partial charge in [-0.3, -0.25) is 0 Å². The Kier molecular flexibility index (Phi) is 5.58. The van der Waals surface area contributed by atoms with Gasteiger partial charge in [0.1, 0.15) is 5.82 Å². The zero-order chi connectivity index (χ0) is 16.3. The van der Waals surface area contributed by atoms with Crippen LogP contribution in [0.4, 0.5) is 4.39 Å². The average Bonchev–Trinajstić information content (AvgIpc) is 2.46. The van der Waals surface area contributed by atoms with Gasteiger partial charge in [-0.25, -0.2) is 17.1 Å². The third-order valence-electron chi connectivity index (χ3n) is 4.50. The van der Waals surface area contributed by atoms with Crippen LogP contribution in [0, 0.1) is 11.7 Å². The number of piperidine rings is 1. The second-order valence-corrected chi connectivity index (χ2v) is 8.11. The van der Waals surface area contributed by atoms with E-state index in [-0.39, 0.29) is 23.8 Å². The molecule has 22 heavy (non-hydrogen) atoms. The summed E-state index contributed by atoms with van der Waals surface area (Å²) >= 11 is 0. The maximum Gasteiger partial charge on any atom is 0.211 e. The summed E-state index contributed by atoms with van der Waals surface area (Å²) in [5.41, 5.74) is 0.917. The van der Waals surface area contributed by atoms with E-state index in [1.54, 1.807) is 16.4 Å². The molecule has 1 aromatic rings. The van der Waals surface area contributed by atoms with Gasteiger partial charge in [-0.05, 0) is 37.0 Å². The smallest absolute Gasteiger partial charge is 0.211 e.